The van der Waals surface area contributed by atoms with Crippen molar-refractivity contribution in [2.45, 2.75) is 38.1 Å². The summed E-state index contributed by atoms with van der Waals surface area (Å²) < 4.78 is 29.1. The lowest BCUT2D eigenvalue weighted by Gasteiger charge is -2.11. The molecule has 8 nitrogen and oxygen atoms in total. The Kier molecular flexibility index (Phi) is 6.02. The Morgan fingerprint density at radius 2 is 1.91 bits per heavy atom. The summed E-state index contributed by atoms with van der Waals surface area (Å²) in [6.07, 6.45) is 0.690. The third-order valence-corrected chi connectivity index (χ3v) is 8.00. The molecule has 4 aromatic rings. The van der Waals surface area contributed by atoms with E-state index in [-0.39, 0.29) is 17.2 Å². The molecule has 0 spiro atoms. The second kappa shape index (κ2) is 8.61. The maximum absolute atomic E-state index is 12.5. The number of hydrogen-bond donors (Lipinski definition) is 1. The van der Waals surface area contributed by atoms with Crippen molar-refractivity contribution in [2.24, 2.45) is 0 Å². The Labute approximate surface area is 191 Å². The standard InChI is InChI=1S/C22H25N5O3S2/c1-5-27-18-9-7-15(32(29,30)26(3)4)13-17(18)23-20(27)10-11-21(28)25-22-24-16-8-6-14(2)12-19(16)31-22/h6-9,12-13H,5,10-11H2,1-4H3,(H,24,25,28). The fraction of sp³-hybridized carbons (Fsp3) is 0.318. The van der Waals surface area contributed by atoms with Crippen LogP contribution >= 0.6 is 11.3 Å². The number of carbonyl (C=O) groups is 1. The molecule has 4 rings (SSSR count). The third kappa shape index (κ3) is 4.25. The van der Waals surface area contributed by atoms with Gasteiger partial charge in [-0.05, 0) is 49.7 Å². The van der Waals surface area contributed by atoms with E-state index in [4.69, 9.17) is 0 Å². The highest BCUT2D eigenvalue weighted by Gasteiger charge is 2.20. The molecule has 0 unspecified atom stereocenters. The van der Waals surface area contributed by atoms with Crippen molar-refractivity contribution < 1.29 is 13.2 Å². The van der Waals surface area contributed by atoms with Gasteiger partial charge in [-0.1, -0.05) is 17.4 Å². The van der Waals surface area contributed by atoms with E-state index in [1.165, 1.54) is 29.7 Å². The van der Waals surface area contributed by atoms with E-state index in [9.17, 15) is 13.2 Å². The average molecular weight is 472 g/mol. The van der Waals surface area contributed by atoms with Crippen molar-refractivity contribution in [1.82, 2.24) is 18.8 Å². The molecule has 0 atom stereocenters. The normalized spacial score (nSPS) is 12.2. The van der Waals surface area contributed by atoms with Crippen LogP contribution in [0, 0.1) is 6.92 Å². The number of nitrogens with one attached hydrogen (secondary N) is 1. The van der Waals surface area contributed by atoms with Crippen LogP contribution in [0.3, 0.4) is 0 Å². The molecule has 10 heteroatoms. The average Bonchev–Trinajstić information content (AvgIpc) is 3.30. The van der Waals surface area contributed by atoms with Crippen molar-refractivity contribution in [3.05, 3.63) is 47.8 Å². The number of imidazole rings is 1. The zero-order valence-corrected chi connectivity index (χ0v) is 20.0. The number of fused-ring (bicyclic) bond motifs is 2. The summed E-state index contributed by atoms with van der Waals surface area (Å²) >= 11 is 1.45. The van der Waals surface area contributed by atoms with Gasteiger partial charge in [0, 0.05) is 33.5 Å². The van der Waals surface area contributed by atoms with Crippen molar-refractivity contribution in [2.75, 3.05) is 19.4 Å². The van der Waals surface area contributed by atoms with Crippen LogP contribution in [0.1, 0.15) is 24.7 Å². The molecule has 1 amide bonds. The molecular weight excluding hydrogens is 446 g/mol. The number of carbonyl (C=O) groups excluding carboxylic acids is 1. The fourth-order valence-electron chi connectivity index (χ4n) is 3.57. The fourth-order valence-corrected chi connectivity index (χ4v) is 5.47. The first-order chi connectivity index (χ1) is 15.2. The smallest absolute Gasteiger partial charge is 0.242 e. The molecule has 2 aromatic carbocycles. The Morgan fingerprint density at radius 1 is 1.12 bits per heavy atom. The van der Waals surface area contributed by atoms with Crippen LogP contribution in [0.15, 0.2) is 41.3 Å². The SMILES string of the molecule is CCn1c(CCC(=O)Nc2nc3ccc(C)cc3s2)nc2cc(S(=O)(=O)N(C)C)ccc21. The lowest BCUT2D eigenvalue weighted by atomic mass is 10.2. The maximum Gasteiger partial charge on any atom is 0.242 e. The van der Waals surface area contributed by atoms with Crippen LogP contribution in [0.5, 0.6) is 0 Å². The van der Waals surface area contributed by atoms with Crippen molar-refractivity contribution in [3.63, 3.8) is 0 Å². The Bertz CT molecular complexity index is 1420. The highest BCUT2D eigenvalue weighted by molar-refractivity contribution is 7.89. The first-order valence-corrected chi connectivity index (χ1v) is 12.5. The summed E-state index contributed by atoms with van der Waals surface area (Å²) in [5.74, 6) is 0.614. The summed E-state index contributed by atoms with van der Waals surface area (Å²) in [5.41, 5.74) is 3.47. The topological polar surface area (TPSA) is 97.2 Å². The number of thiazole rings is 1. The Hall–Kier alpha value is -2.82. The number of aryl methyl sites for hydroxylation is 3. The van der Waals surface area contributed by atoms with Gasteiger partial charge in [-0.25, -0.2) is 22.7 Å². The minimum atomic E-state index is -3.54. The zero-order valence-electron chi connectivity index (χ0n) is 18.4. The molecule has 2 aromatic heterocycles. The largest absolute Gasteiger partial charge is 0.328 e. The summed E-state index contributed by atoms with van der Waals surface area (Å²) in [4.78, 5) is 21.8. The van der Waals surface area contributed by atoms with Crippen LogP contribution in [-0.2, 0) is 27.8 Å². The maximum atomic E-state index is 12.5. The first-order valence-electron chi connectivity index (χ1n) is 10.3. The van der Waals surface area contributed by atoms with Crippen molar-refractivity contribution >= 4 is 53.6 Å². The van der Waals surface area contributed by atoms with Crippen molar-refractivity contribution in [3.8, 4) is 0 Å². The Morgan fingerprint density at radius 3 is 2.62 bits per heavy atom. The predicted octanol–water partition coefficient (Wildman–Crippen LogP) is 3.80. The van der Waals surface area contributed by atoms with E-state index >= 15 is 0 Å². The van der Waals surface area contributed by atoms with Gasteiger partial charge in [0.15, 0.2) is 5.13 Å². The van der Waals surface area contributed by atoms with Gasteiger partial charge in [-0.15, -0.1) is 0 Å². The van der Waals surface area contributed by atoms with E-state index in [2.05, 4.69) is 21.4 Å². The highest BCUT2D eigenvalue weighted by atomic mass is 32.2. The summed E-state index contributed by atoms with van der Waals surface area (Å²) in [6.45, 7) is 4.69. The lowest BCUT2D eigenvalue weighted by Crippen LogP contribution is -2.22. The van der Waals surface area contributed by atoms with Crippen LogP contribution in [0.25, 0.3) is 21.3 Å². The monoisotopic (exact) mass is 471 g/mol. The summed E-state index contributed by atoms with van der Waals surface area (Å²) in [5, 5.41) is 3.46. The number of aromatic nitrogens is 3. The van der Waals surface area contributed by atoms with Crippen LogP contribution in [0.2, 0.25) is 0 Å². The predicted molar refractivity (Wildman–Crippen MR) is 128 cm³/mol. The minimum absolute atomic E-state index is 0.133. The van der Waals surface area contributed by atoms with Gasteiger partial charge in [0.25, 0.3) is 0 Å². The van der Waals surface area contributed by atoms with Crippen LogP contribution < -0.4 is 5.32 Å². The molecule has 32 heavy (non-hydrogen) atoms. The van der Waals surface area contributed by atoms with Gasteiger partial charge in [-0.2, -0.15) is 0 Å². The lowest BCUT2D eigenvalue weighted by molar-refractivity contribution is -0.116. The van der Waals surface area contributed by atoms with Crippen LogP contribution in [-0.4, -0.2) is 47.3 Å². The molecule has 0 saturated carbocycles. The number of rotatable bonds is 7. The second-order valence-electron chi connectivity index (χ2n) is 7.75. The van der Waals surface area contributed by atoms with Gasteiger partial charge < -0.3 is 9.88 Å². The quantitative estimate of drug-likeness (QED) is 0.442. The molecule has 1 N–H and O–H groups in total. The van der Waals surface area contributed by atoms with Gasteiger partial charge in [0.1, 0.15) is 5.82 Å². The van der Waals surface area contributed by atoms with Crippen LogP contribution in [0.4, 0.5) is 5.13 Å². The van der Waals surface area contributed by atoms with E-state index in [1.807, 2.05) is 30.5 Å². The molecule has 2 heterocycles. The van der Waals surface area contributed by atoms with Crippen molar-refractivity contribution in [1.29, 1.82) is 0 Å². The molecule has 0 bridgehead atoms. The molecule has 0 fully saturated rings. The van der Waals surface area contributed by atoms with E-state index in [0.29, 0.717) is 23.6 Å². The summed E-state index contributed by atoms with van der Waals surface area (Å²) in [6, 6.07) is 11.0. The van der Waals surface area contributed by atoms with Gasteiger partial charge >= 0.3 is 0 Å². The van der Waals surface area contributed by atoms with E-state index in [1.54, 1.807) is 18.2 Å². The number of sulfonamides is 1. The highest BCUT2D eigenvalue weighted by Crippen LogP contribution is 2.27. The number of amides is 1. The number of anilines is 1. The molecule has 0 aliphatic heterocycles. The minimum Gasteiger partial charge on any atom is -0.328 e. The molecular formula is C22H25N5O3S2. The number of benzene rings is 2. The molecule has 168 valence electrons. The van der Waals surface area contributed by atoms with Gasteiger partial charge in [-0.3, -0.25) is 4.79 Å². The zero-order chi connectivity index (χ0) is 23.0. The Balaban J connectivity index is 1.52. The molecule has 0 aliphatic rings. The second-order valence-corrected chi connectivity index (χ2v) is 10.9. The van der Waals surface area contributed by atoms with E-state index in [0.717, 1.165) is 27.1 Å². The first kappa shape index (κ1) is 22.4. The molecule has 0 aliphatic carbocycles. The third-order valence-electron chi connectivity index (χ3n) is 5.26. The van der Waals surface area contributed by atoms with Gasteiger partial charge in [0.2, 0.25) is 15.9 Å². The van der Waals surface area contributed by atoms with E-state index < -0.39 is 10.0 Å². The number of hydrogen-bond acceptors (Lipinski definition) is 6. The summed E-state index contributed by atoms with van der Waals surface area (Å²) in [7, 11) is -0.537. The molecule has 0 radical (unpaired) electrons. The molecule has 0 saturated heterocycles. The number of nitrogens with zero attached hydrogens (tertiary/aromatic N) is 4. The van der Waals surface area contributed by atoms with Gasteiger partial charge in [0.05, 0.1) is 26.1 Å².